The number of allylic oxidation sites excluding steroid dienone is 6. The number of nitrogens with zero attached hydrogens (tertiary/aromatic N) is 6. The van der Waals surface area contributed by atoms with Gasteiger partial charge in [0, 0.05) is 142 Å². The number of amides is 4. The van der Waals surface area contributed by atoms with Crippen LogP contribution in [0.15, 0.2) is 67.8 Å². The van der Waals surface area contributed by atoms with E-state index in [-0.39, 0.29) is 87.5 Å². The molecular weight excluding hydrogens is 1270 g/mol. The third-order valence-electron chi connectivity index (χ3n) is 20.5. The van der Waals surface area contributed by atoms with Gasteiger partial charge in [0.25, 0.3) is 7.82 Å². The molecular formula is C63H86CoN11O17P-2. The maximum atomic E-state index is 14.3. The van der Waals surface area contributed by atoms with E-state index in [2.05, 4.69) is 15.6 Å². The fraction of sp³-hybridized carbons (Fsp3) is 0.619. The molecule has 2 fully saturated rings. The van der Waals surface area contributed by atoms with Crippen LogP contribution in [0.3, 0.4) is 0 Å². The number of ether oxygens (including phenoxy) is 1. The number of aryl methyl sites for hydroxylation is 2. The molecule has 8 rings (SSSR count). The Bertz CT molecular complexity index is 3600. The van der Waals surface area contributed by atoms with E-state index in [0.29, 0.717) is 56.4 Å². The van der Waals surface area contributed by atoms with E-state index in [4.69, 9.17) is 57.8 Å². The minimum absolute atomic E-state index is 0. The first-order valence-corrected chi connectivity index (χ1v) is 32.0. The molecule has 1 unspecified atom stereocenters. The number of carboxylic acids is 3. The van der Waals surface area contributed by atoms with Crippen LogP contribution in [0.4, 0.5) is 0 Å². The van der Waals surface area contributed by atoms with Gasteiger partial charge in [-0.3, -0.25) is 53.1 Å². The number of carbonyl (C=O) groups is 7. The minimum atomic E-state index is -5.33. The van der Waals surface area contributed by atoms with Gasteiger partial charge in [0.15, 0.2) is 6.23 Å². The Kier molecular flexibility index (Phi) is 23.0. The van der Waals surface area contributed by atoms with Crippen LogP contribution in [0.25, 0.3) is 11.0 Å². The van der Waals surface area contributed by atoms with Gasteiger partial charge in [-0.1, -0.05) is 34.6 Å². The third kappa shape index (κ3) is 14.6. The zero-order chi connectivity index (χ0) is 68.7. The summed E-state index contributed by atoms with van der Waals surface area (Å²) >= 11 is 0. The number of aliphatic carboxylic acids is 3. The fourth-order valence-electron chi connectivity index (χ4n) is 15.4. The van der Waals surface area contributed by atoms with Crippen LogP contribution < -0.4 is 32.7 Å². The molecule has 2 aromatic rings. The molecule has 0 spiro atoms. The number of primary amides is 3. The Balaban J connectivity index is 0.00000453. The van der Waals surface area contributed by atoms with Crippen molar-refractivity contribution in [2.75, 3.05) is 13.2 Å². The number of aliphatic hydroxyl groups excluding tert-OH is 2. The minimum Gasteiger partial charge on any atom is -0.756 e. The Morgan fingerprint density at radius 3 is 1.98 bits per heavy atom. The van der Waals surface area contributed by atoms with Gasteiger partial charge in [-0.25, -0.2) is 4.98 Å². The summed E-state index contributed by atoms with van der Waals surface area (Å²) in [4.78, 5) is 127. The Morgan fingerprint density at radius 2 is 1.41 bits per heavy atom. The van der Waals surface area contributed by atoms with Crippen LogP contribution in [0.5, 0.6) is 0 Å². The Morgan fingerprint density at radius 1 is 0.828 bits per heavy atom. The van der Waals surface area contributed by atoms with Crippen LogP contribution in [0, 0.1) is 71.0 Å². The van der Waals surface area contributed by atoms with Gasteiger partial charge in [-0.15, -0.1) is 0 Å². The molecule has 30 heteroatoms. The number of imidazole rings is 1. The number of benzene rings is 1. The number of aliphatic imine (C=N–C) groups is 3. The molecule has 13 N–H and O–H groups in total. The van der Waals surface area contributed by atoms with E-state index in [1.165, 1.54) is 17.8 Å². The van der Waals surface area contributed by atoms with E-state index in [1.807, 2.05) is 46.8 Å². The summed E-state index contributed by atoms with van der Waals surface area (Å²) in [5.74, 6) is -9.38. The predicted octanol–water partition coefficient (Wildman–Crippen LogP) is 4.42. The van der Waals surface area contributed by atoms with Crippen molar-refractivity contribution in [2.45, 2.75) is 189 Å². The topological polar surface area (TPSA) is 469 Å². The van der Waals surface area contributed by atoms with E-state index in [1.54, 1.807) is 40.7 Å². The molecule has 7 heterocycles. The maximum Gasteiger partial charge on any atom is 0.303 e. The Labute approximate surface area is 549 Å². The third-order valence-corrected chi connectivity index (χ3v) is 21.6. The zero-order valence-electron chi connectivity index (χ0n) is 54.1. The number of phosphoric acid groups is 1. The summed E-state index contributed by atoms with van der Waals surface area (Å²) in [7, 11) is -5.33. The molecule has 6 aliphatic rings. The van der Waals surface area contributed by atoms with Gasteiger partial charge in [0.2, 0.25) is 23.6 Å². The van der Waals surface area contributed by atoms with Crippen molar-refractivity contribution in [3.8, 4) is 0 Å². The summed E-state index contributed by atoms with van der Waals surface area (Å²) in [5, 5.41) is 65.1. The van der Waals surface area contributed by atoms with Gasteiger partial charge in [0.05, 0.1) is 47.3 Å². The number of hydrogen-bond donors (Lipinski definition) is 10. The maximum absolute atomic E-state index is 14.3. The number of aliphatic hydroxyl groups is 2. The number of nitrogens with one attached hydrogen (secondary N) is 2. The van der Waals surface area contributed by atoms with Crippen LogP contribution in [0.1, 0.15) is 150 Å². The van der Waals surface area contributed by atoms with Crippen LogP contribution in [-0.2, 0) is 68.7 Å². The molecule has 6 aliphatic heterocycles. The molecule has 1 radical (unpaired) electrons. The average molecular weight is 1360 g/mol. The number of phosphoric ester groups is 1. The standard InChI is InChI=1S/C62H87N10O17P.CN.Co/c1-29-20-39-40(21-30(29)2)72(28-67-39)57-52(84)53(41(27-73)87-57)89-90(85,86)88-31(3)26-66-46(77)18-19-59(8)37(22-43(63)74)56-62(11)61(10,25-45(65)76)36(14-17-49(82)83)51(71-62)33(5)55-60(9,24-44(64)75)34(12-15-47(78)79)38(68-55)23-42-58(6,7)35(13-16-48(80)81)50(69-42)32(4)54(59)70-56;1-2;/h20-21,23,28,31,34-37,41,52-53,56-57,70,73,84H,12-19,22,24-27H2,1-11H3,(H2,63,74)(H2,64,75)(H2,65,76)(H,66,77)(H,78,79)(H,80,81)(H,82,83)(H,85,86);;/q;-1;/p-1/t31-,34-,35-,36-,37+,41-,52-,53-,56-,57+,59-,60+,61+,62+;;/m1../s1. The van der Waals surface area contributed by atoms with Crippen molar-refractivity contribution in [3.05, 3.63) is 70.5 Å². The van der Waals surface area contributed by atoms with Crippen LogP contribution in [0.2, 0.25) is 0 Å². The number of aromatic nitrogens is 2. The normalized spacial score (nSPS) is 31.0. The predicted molar refractivity (Wildman–Crippen MR) is 332 cm³/mol. The van der Waals surface area contributed by atoms with Crippen LogP contribution in [-0.4, -0.2) is 143 Å². The van der Waals surface area contributed by atoms with Crippen molar-refractivity contribution in [1.82, 2.24) is 20.2 Å². The molecule has 511 valence electrons. The van der Waals surface area contributed by atoms with E-state index in [9.17, 15) is 68.6 Å². The molecule has 0 saturated carbocycles. The second-order valence-corrected chi connectivity index (χ2v) is 28.2. The van der Waals surface area contributed by atoms with Gasteiger partial charge in [-0.05, 0) is 108 Å². The molecule has 2 saturated heterocycles. The zero-order valence-corrected chi connectivity index (χ0v) is 56.0. The van der Waals surface area contributed by atoms with E-state index >= 15 is 0 Å². The number of fused-ring (bicyclic) bond motifs is 7. The summed E-state index contributed by atoms with van der Waals surface area (Å²) in [6.07, 6.45) is -6.24. The first-order valence-electron chi connectivity index (χ1n) is 30.6. The molecule has 93 heavy (non-hydrogen) atoms. The number of rotatable bonds is 26. The van der Waals surface area contributed by atoms with Gasteiger partial charge >= 0.3 is 17.9 Å². The van der Waals surface area contributed by atoms with E-state index in [0.717, 1.165) is 11.1 Å². The summed E-state index contributed by atoms with van der Waals surface area (Å²) < 4.78 is 31.8. The second-order valence-electron chi connectivity index (χ2n) is 26.8. The molecule has 0 aliphatic carbocycles. The first kappa shape index (κ1) is 75.0. The van der Waals surface area contributed by atoms with Crippen molar-refractivity contribution in [3.63, 3.8) is 0 Å². The van der Waals surface area contributed by atoms with Crippen molar-refractivity contribution >= 4 is 77.5 Å². The van der Waals surface area contributed by atoms with Crippen molar-refractivity contribution < 1.29 is 99.1 Å². The van der Waals surface area contributed by atoms with Crippen LogP contribution >= 0.6 is 7.82 Å². The SMILES string of the molecule is CC1=C2N[C@H]([C@H](CC(N)=O)[C@@]2(C)CCC(=O)NC[C@@H](C)OP(=O)([O-])O[C@H]2[C@@H](O)[C@@H](n3cnc4cc(C)c(C)cc43)O[C@@H]2CO)[C@]2(C)N=C(C(C)=C3N=C(C=C4N=C1[C@@H](CCC(=O)O)C4(C)C)[C@@H](CCC(=O)O)[C@]3(C)CC(N)=O)[C@@H](CCC(=O)O)[C@]2(C)CC(N)=O.[C-]#N.[Co]. The number of hydrogen-bond acceptors (Lipinski definition) is 20. The molecule has 8 bridgehead atoms. The first-order chi connectivity index (χ1) is 42.8. The quantitative estimate of drug-likeness (QED) is 0.0460. The number of carbonyl (C=O) groups excluding carboxylic acids is 4. The summed E-state index contributed by atoms with van der Waals surface area (Å²) in [6.45, 7) is 23.3. The van der Waals surface area contributed by atoms with E-state index < -0.39 is 150 Å². The van der Waals surface area contributed by atoms with Crippen molar-refractivity contribution in [1.29, 1.82) is 5.26 Å². The molecule has 4 amide bonds. The number of nitrogens with two attached hydrogens (primary N) is 3. The van der Waals surface area contributed by atoms with Crippen molar-refractivity contribution in [2.24, 2.45) is 77.5 Å². The van der Waals surface area contributed by atoms with Gasteiger partial charge in [-0.2, -0.15) is 0 Å². The molecule has 1 aromatic carbocycles. The smallest absolute Gasteiger partial charge is 0.303 e. The summed E-state index contributed by atoms with van der Waals surface area (Å²) in [6, 6.07) is 2.70. The largest absolute Gasteiger partial charge is 0.756 e. The molecule has 15 atom stereocenters. The van der Waals surface area contributed by atoms with Gasteiger partial charge < -0.3 is 88.4 Å². The number of carboxylic acid groups (broad SMARTS) is 3. The average Bonchev–Trinajstić information content (AvgIpc) is 1.53. The fourth-order valence-corrected chi connectivity index (χ4v) is 16.5. The monoisotopic (exact) mass is 1360 g/mol. The second kappa shape index (κ2) is 28.5. The Hall–Kier alpha value is -7.00. The molecule has 28 nitrogen and oxygen atoms in total. The van der Waals surface area contributed by atoms with Gasteiger partial charge in [0.1, 0.15) is 18.3 Å². The molecule has 1 aromatic heterocycles. The summed E-state index contributed by atoms with van der Waals surface area (Å²) in [5.41, 5.74) is 18.3.